The fourth-order valence-corrected chi connectivity index (χ4v) is 2.02. The summed E-state index contributed by atoms with van der Waals surface area (Å²) in [6.45, 7) is 3.67. The Labute approximate surface area is 106 Å². The van der Waals surface area contributed by atoms with Crippen molar-refractivity contribution in [1.29, 1.82) is 0 Å². The van der Waals surface area contributed by atoms with Crippen molar-refractivity contribution in [3.8, 4) is 11.5 Å². The van der Waals surface area contributed by atoms with Crippen LogP contribution in [0.4, 0.5) is 0 Å². The summed E-state index contributed by atoms with van der Waals surface area (Å²) in [6, 6.07) is 5.68. The molecule has 0 spiro atoms. The zero-order chi connectivity index (χ0) is 13.1. The third kappa shape index (κ3) is 2.47. The lowest BCUT2D eigenvalue weighted by molar-refractivity contribution is -0.138. The van der Waals surface area contributed by atoms with Gasteiger partial charge in [-0.05, 0) is 17.7 Å². The molecule has 1 aromatic rings. The van der Waals surface area contributed by atoms with Crippen LogP contribution >= 0.6 is 0 Å². The van der Waals surface area contributed by atoms with Gasteiger partial charge in [0, 0.05) is 18.4 Å². The van der Waals surface area contributed by atoms with Gasteiger partial charge in [0.25, 0.3) is 0 Å². The summed E-state index contributed by atoms with van der Waals surface area (Å²) in [6.07, 6.45) is 1.13. The van der Waals surface area contributed by atoms with Crippen molar-refractivity contribution in [2.24, 2.45) is 0 Å². The van der Waals surface area contributed by atoms with Gasteiger partial charge in [-0.1, -0.05) is 12.6 Å². The molecule has 0 amide bonds. The molecule has 4 nitrogen and oxygen atoms in total. The van der Waals surface area contributed by atoms with Gasteiger partial charge in [-0.2, -0.15) is 0 Å². The van der Waals surface area contributed by atoms with Gasteiger partial charge < -0.3 is 14.2 Å². The van der Waals surface area contributed by atoms with Crippen molar-refractivity contribution >= 4 is 5.97 Å². The average molecular weight is 248 g/mol. The van der Waals surface area contributed by atoms with Crippen LogP contribution in [0.3, 0.4) is 0 Å². The van der Waals surface area contributed by atoms with E-state index in [0.29, 0.717) is 29.9 Å². The molecule has 1 fully saturated rings. The van der Waals surface area contributed by atoms with Crippen LogP contribution in [0.1, 0.15) is 12.0 Å². The maximum Gasteiger partial charge on any atom is 0.333 e. The standard InChI is InChI=1S/C14H16O4/c1-9-6-11(18-14(9)15)7-10-4-5-12(16-2)13(8-10)17-3/h4-5,8,11H,1,6-7H2,2-3H3. The lowest BCUT2D eigenvalue weighted by Crippen LogP contribution is -2.10. The van der Waals surface area contributed by atoms with Crippen LogP contribution < -0.4 is 9.47 Å². The summed E-state index contributed by atoms with van der Waals surface area (Å²) in [5, 5.41) is 0. The third-order valence-corrected chi connectivity index (χ3v) is 2.95. The Morgan fingerprint density at radius 3 is 2.61 bits per heavy atom. The van der Waals surface area contributed by atoms with E-state index in [0.717, 1.165) is 5.56 Å². The van der Waals surface area contributed by atoms with Crippen LogP contribution in [-0.4, -0.2) is 26.3 Å². The summed E-state index contributed by atoms with van der Waals surface area (Å²) >= 11 is 0. The van der Waals surface area contributed by atoms with Crippen molar-refractivity contribution < 1.29 is 19.0 Å². The van der Waals surface area contributed by atoms with E-state index in [2.05, 4.69) is 6.58 Å². The highest BCUT2D eigenvalue weighted by Crippen LogP contribution is 2.29. The molecule has 0 bridgehead atoms. The molecule has 0 aromatic heterocycles. The molecule has 0 aliphatic carbocycles. The zero-order valence-corrected chi connectivity index (χ0v) is 10.6. The van der Waals surface area contributed by atoms with Gasteiger partial charge in [0.1, 0.15) is 6.10 Å². The van der Waals surface area contributed by atoms with E-state index < -0.39 is 0 Å². The first-order valence-corrected chi connectivity index (χ1v) is 5.73. The lowest BCUT2D eigenvalue weighted by Gasteiger charge is -2.12. The van der Waals surface area contributed by atoms with E-state index in [9.17, 15) is 4.79 Å². The van der Waals surface area contributed by atoms with Gasteiger partial charge in [-0.25, -0.2) is 4.79 Å². The minimum Gasteiger partial charge on any atom is -0.493 e. The largest absolute Gasteiger partial charge is 0.493 e. The fraction of sp³-hybridized carbons (Fsp3) is 0.357. The molecular weight excluding hydrogens is 232 g/mol. The maximum absolute atomic E-state index is 11.2. The molecule has 1 saturated heterocycles. The summed E-state index contributed by atoms with van der Waals surface area (Å²) in [4.78, 5) is 11.2. The number of ether oxygens (including phenoxy) is 3. The predicted octanol–water partition coefficient (Wildman–Crippen LogP) is 2.12. The second kappa shape index (κ2) is 5.12. The van der Waals surface area contributed by atoms with E-state index in [1.807, 2.05) is 18.2 Å². The first-order chi connectivity index (χ1) is 8.63. The second-order valence-corrected chi connectivity index (χ2v) is 4.23. The van der Waals surface area contributed by atoms with E-state index in [-0.39, 0.29) is 12.1 Å². The summed E-state index contributed by atoms with van der Waals surface area (Å²) in [7, 11) is 3.19. The molecule has 0 N–H and O–H groups in total. The Hall–Kier alpha value is -1.97. The predicted molar refractivity (Wildman–Crippen MR) is 66.9 cm³/mol. The molecule has 1 heterocycles. The Bertz CT molecular complexity index is 463. The molecule has 1 aliphatic heterocycles. The van der Waals surface area contributed by atoms with E-state index in [4.69, 9.17) is 14.2 Å². The molecule has 1 unspecified atom stereocenters. The highest BCUT2D eigenvalue weighted by Gasteiger charge is 2.27. The number of esters is 1. The van der Waals surface area contributed by atoms with E-state index in [1.54, 1.807) is 14.2 Å². The molecule has 4 heteroatoms. The number of carbonyl (C=O) groups is 1. The first-order valence-electron chi connectivity index (χ1n) is 5.73. The number of hydrogen-bond donors (Lipinski definition) is 0. The van der Waals surface area contributed by atoms with Gasteiger partial charge in [-0.15, -0.1) is 0 Å². The minimum absolute atomic E-state index is 0.122. The highest BCUT2D eigenvalue weighted by atomic mass is 16.5. The van der Waals surface area contributed by atoms with Crippen LogP contribution in [0.15, 0.2) is 30.4 Å². The SMILES string of the molecule is C=C1CC(Cc2ccc(OC)c(OC)c2)OC1=O. The van der Waals surface area contributed by atoms with Crippen molar-refractivity contribution in [3.05, 3.63) is 35.9 Å². The van der Waals surface area contributed by atoms with Gasteiger partial charge >= 0.3 is 5.97 Å². The van der Waals surface area contributed by atoms with E-state index >= 15 is 0 Å². The molecule has 0 saturated carbocycles. The Morgan fingerprint density at radius 1 is 1.33 bits per heavy atom. The molecular formula is C14H16O4. The Kier molecular flexibility index (Phi) is 3.55. The first kappa shape index (κ1) is 12.5. The van der Waals surface area contributed by atoms with Crippen LogP contribution in [0.5, 0.6) is 11.5 Å². The molecule has 1 atom stereocenters. The van der Waals surface area contributed by atoms with Crippen molar-refractivity contribution in [2.75, 3.05) is 14.2 Å². The van der Waals surface area contributed by atoms with Crippen molar-refractivity contribution in [2.45, 2.75) is 18.9 Å². The fourth-order valence-electron chi connectivity index (χ4n) is 2.02. The summed E-state index contributed by atoms with van der Waals surface area (Å²) < 4.78 is 15.6. The second-order valence-electron chi connectivity index (χ2n) is 4.23. The van der Waals surface area contributed by atoms with Crippen LogP contribution in [-0.2, 0) is 16.0 Å². The number of rotatable bonds is 4. The normalized spacial score (nSPS) is 18.7. The summed E-state index contributed by atoms with van der Waals surface area (Å²) in [5.41, 5.74) is 1.58. The van der Waals surface area contributed by atoms with Gasteiger partial charge in [0.05, 0.1) is 14.2 Å². The topological polar surface area (TPSA) is 44.8 Å². The van der Waals surface area contributed by atoms with Crippen LogP contribution in [0.25, 0.3) is 0 Å². The summed E-state index contributed by atoms with van der Waals surface area (Å²) in [5.74, 6) is 1.08. The average Bonchev–Trinajstić information content (AvgIpc) is 2.68. The van der Waals surface area contributed by atoms with Gasteiger partial charge in [0.2, 0.25) is 0 Å². The number of carbonyl (C=O) groups excluding carboxylic acids is 1. The molecule has 18 heavy (non-hydrogen) atoms. The number of hydrogen-bond acceptors (Lipinski definition) is 4. The molecule has 2 rings (SSSR count). The third-order valence-electron chi connectivity index (χ3n) is 2.95. The lowest BCUT2D eigenvalue weighted by atomic mass is 10.0. The number of benzene rings is 1. The maximum atomic E-state index is 11.2. The Morgan fingerprint density at radius 2 is 2.06 bits per heavy atom. The highest BCUT2D eigenvalue weighted by molar-refractivity contribution is 5.89. The van der Waals surface area contributed by atoms with Gasteiger partial charge in [-0.3, -0.25) is 0 Å². The van der Waals surface area contributed by atoms with E-state index in [1.165, 1.54) is 0 Å². The van der Waals surface area contributed by atoms with Crippen LogP contribution in [0, 0.1) is 0 Å². The molecule has 1 aromatic carbocycles. The van der Waals surface area contributed by atoms with Crippen molar-refractivity contribution in [1.82, 2.24) is 0 Å². The zero-order valence-electron chi connectivity index (χ0n) is 10.6. The molecule has 0 radical (unpaired) electrons. The molecule has 1 aliphatic rings. The monoisotopic (exact) mass is 248 g/mol. The Balaban J connectivity index is 2.10. The molecule has 96 valence electrons. The number of methoxy groups -OCH3 is 2. The minimum atomic E-state index is -0.291. The number of cyclic esters (lactones) is 1. The smallest absolute Gasteiger partial charge is 0.333 e. The van der Waals surface area contributed by atoms with Crippen molar-refractivity contribution in [3.63, 3.8) is 0 Å². The van der Waals surface area contributed by atoms with Gasteiger partial charge in [0.15, 0.2) is 11.5 Å². The quantitative estimate of drug-likeness (QED) is 0.604. The van der Waals surface area contributed by atoms with Crippen LogP contribution in [0.2, 0.25) is 0 Å².